The Labute approximate surface area is 74.2 Å². The van der Waals surface area contributed by atoms with E-state index in [0.29, 0.717) is 0 Å². The van der Waals surface area contributed by atoms with Crippen molar-refractivity contribution in [3.05, 3.63) is 0 Å². The van der Waals surface area contributed by atoms with E-state index in [0.717, 1.165) is 12.1 Å². The van der Waals surface area contributed by atoms with E-state index in [2.05, 4.69) is 17.3 Å². The Morgan fingerprint density at radius 1 is 1.40 bits per heavy atom. The number of likely N-dealkylation sites (N-methyl/N-ethyl adjacent to an activating group) is 1. The van der Waals surface area contributed by atoms with Gasteiger partial charge in [0.1, 0.15) is 0 Å². The van der Waals surface area contributed by atoms with Gasteiger partial charge in [0.15, 0.2) is 0 Å². The summed E-state index contributed by atoms with van der Waals surface area (Å²) in [5.41, 5.74) is 0. The largest absolute Gasteiger partial charge is 0.311 e. The number of fused-ring (bicyclic) bond motifs is 2. The highest BCUT2D eigenvalue weighted by atomic mass is 35.5. The first-order valence-corrected chi connectivity index (χ1v) is 3.30. The minimum Gasteiger partial charge on any atom is -0.311 e. The van der Waals surface area contributed by atoms with Crippen LogP contribution in [0.1, 0.15) is 6.42 Å². The fraction of sp³-hybridized carbons (Fsp3) is 1.00. The molecule has 2 bridgehead atoms. The summed E-state index contributed by atoms with van der Waals surface area (Å²) in [5, 5.41) is 3.44. The van der Waals surface area contributed by atoms with E-state index >= 15 is 0 Å². The third kappa shape index (κ3) is 1.56. The molecule has 62 valence electrons. The van der Waals surface area contributed by atoms with E-state index in [1.807, 2.05) is 0 Å². The molecule has 0 aromatic carbocycles. The quantitative estimate of drug-likeness (QED) is 0.591. The molecular weight excluding hydrogens is 171 g/mol. The maximum absolute atomic E-state index is 3.44. The third-order valence-electron chi connectivity index (χ3n) is 2.33. The second-order valence-electron chi connectivity index (χ2n) is 2.93. The summed E-state index contributed by atoms with van der Waals surface area (Å²) in [6.45, 7) is 2.49. The number of hydrogen-bond acceptors (Lipinski definition) is 2. The SMILES string of the molecule is CN1C[C@@H]2C[C@H]1CN2.Cl.Cl. The molecule has 2 rings (SSSR count). The molecule has 2 aliphatic heterocycles. The predicted molar refractivity (Wildman–Crippen MR) is 47.3 cm³/mol. The molecule has 2 atom stereocenters. The maximum Gasteiger partial charge on any atom is 0.0233 e. The van der Waals surface area contributed by atoms with Crippen molar-refractivity contribution in [1.82, 2.24) is 10.2 Å². The van der Waals surface area contributed by atoms with Gasteiger partial charge in [0.05, 0.1) is 0 Å². The molecular formula is C6H14Cl2N2. The highest BCUT2D eigenvalue weighted by Crippen LogP contribution is 2.20. The van der Waals surface area contributed by atoms with Crippen molar-refractivity contribution >= 4 is 24.8 Å². The zero-order valence-electron chi connectivity index (χ0n) is 6.04. The predicted octanol–water partition coefficient (Wildman–Crippen LogP) is 0.506. The monoisotopic (exact) mass is 184 g/mol. The van der Waals surface area contributed by atoms with Gasteiger partial charge in [-0.15, -0.1) is 24.8 Å². The minimum atomic E-state index is 0. The summed E-state index contributed by atoms with van der Waals surface area (Å²) < 4.78 is 0. The van der Waals surface area contributed by atoms with Gasteiger partial charge < -0.3 is 10.2 Å². The molecule has 2 nitrogen and oxygen atoms in total. The molecule has 2 aliphatic rings. The van der Waals surface area contributed by atoms with Crippen LogP contribution in [0.5, 0.6) is 0 Å². The van der Waals surface area contributed by atoms with Gasteiger partial charge in [0.25, 0.3) is 0 Å². The van der Waals surface area contributed by atoms with Crippen LogP contribution in [0.2, 0.25) is 0 Å². The highest BCUT2D eigenvalue weighted by Gasteiger charge is 2.34. The van der Waals surface area contributed by atoms with Crippen LogP contribution in [0.25, 0.3) is 0 Å². The maximum atomic E-state index is 3.44. The molecule has 0 saturated carbocycles. The van der Waals surface area contributed by atoms with E-state index in [1.165, 1.54) is 19.5 Å². The Kier molecular flexibility index (Phi) is 3.95. The molecule has 0 aromatic rings. The van der Waals surface area contributed by atoms with E-state index in [9.17, 15) is 0 Å². The zero-order chi connectivity index (χ0) is 5.56. The Hall–Kier alpha value is 0.500. The average molecular weight is 185 g/mol. The highest BCUT2D eigenvalue weighted by molar-refractivity contribution is 5.85. The first-order valence-electron chi connectivity index (χ1n) is 3.30. The molecule has 0 radical (unpaired) electrons. The molecule has 0 unspecified atom stereocenters. The van der Waals surface area contributed by atoms with Gasteiger partial charge in [0.2, 0.25) is 0 Å². The third-order valence-corrected chi connectivity index (χ3v) is 2.33. The van der Waals surface area contributed by atoms with Crippen LogP contribution < -0.4 is 5.32 Å². The van der Waals surface area contributed by atoms with Crippen LogP contribution in [-0.2, 0) is 0 Å². The van der Waals surface area contributed by atoms with Crippen molar-refractivity contribution in [3.63, 3.8) is 0 Å². The van der Waals surface area contributed by atoms with Crippen LogP contribution >= 0.6 is 24.8 Å². The molecule has 1 N–H and O–H groups in total. The van der Waals surface area contributed by atoms with E-state index in [1.54, 1.807) is 0 Å². The standard InChI is InChI=1S/C6H12N2.2ClH/c1-8-4-5-2-6(8)3-7-5;;/h5-7H,2-4H2,1H3;2*1H/t5-,6-;;/m0../s1. The smallest absolute Gasteiger partial charge is 0.0233 e. The second-order valence-corrected chi connectivity index (χ2v) is 2.93. The molecule has 2 fully saturated rings. The number of nitrogens with zero attached hydrogens (tertiary/aromatic N) is 1. The van der Waals surface area contributed by atoms with Crippen LogP contribution in [0.15, 0.2) is 0 Å². The lowest BCUT2D eigenvalue weighted by atomic mass is 10.2. The van der Waals surface area contributed by atoms with Crippen molar-refractivity contribution in [1.29, 1.82) is 0 Å². The van der Waals surface area contributed by atoms with Gasteiger partial charge in [-0.3, -0.25) is 0 Å². The summed E-state index contributed by atoms with van der Waals surface area (Å²) in [4.78, 5) is 2.45. The van der Waals surface area contributed by atoms with Crippen molar-refractivity contribution < 1.29 is 0 Å². The normalized spacial score (nSPS) is 36.9. The molecule has 2 heterocycles. The van der Waals surface area contributed by atoms with E-state index in [-0.39, 0.29) is 24.8 Å². The fourth-order valence-corrected chi connectivity index (χ4v) is 1.77. The van der Waals surface area contributed by atoms with Crippen LogP contribution in [0, 0.1) is 0 Å². The van der Waals surface area contributed by atoms with Crippen molar-refractivity contribution in [2.45, 2.75) is 18.5 Å². The number of hydrogen-bond donors (Lipinski definition) is 1. The van der Waals surface area contributed by atoms with Crippen LogP contribution in [0.4, 0.5) is 0 Å². The Bertz CT molecular complexity index is 108. The topological polar surface area (TPSA) is 15.3 Å². The van der Waals surface area contributed by atoms with Crippen molar-refractivity contribution in [3.8, 4) is 0 Å². The molecule has 2 saturated heterocycles. The number of piperazine rings is 1. The number of nitrogens with one attached hydrogen (secondary N) is 1. The summed E-state index contributed by atoms with van der Waals surface area (Å²) >= 11 is 0. The molecule has 4 heteroatoms. The molecule has 0 amide bonds. The van der Waals surface area contributed by atoms with Crippen molar-refractivity contribution in [2.75, 3.05) is 20.1 Å². The van der Waals surface area contributed by atoms with Crippen molar-refractivity contribution in [2.24, 2.45) is 0 Å². The summed E-state index contributed by atoms with van der Waals surface area (Å²) in [7, 11) is 2.21. The Morgan fingerprint density at radius 2 is 2.10 bits per heavy atom. The van der Waals surface area contributed by atoms with E-state index in [4.69, 9.17) is 0 Å². The lowest BCUT2D eigenvalue weighted by Crippen LogP contribution is -2.41. The second kappa shape index (κ2) is 3.77. The molecule has 0 aliphatic carbocycles. The van der Waals surface area contributed by atoms with Gasteiger partial charge >= 0.3 is 0 Å². The Balaban J connectivity index is 0.000000405. The summed E-state index contributed by atoms with van der Waals surface area (Å²) in [6.07, 6.45) is 1.39. The van der Waals surface area contributed by atoms with Gasteiger partial charge in [-0.2, -0.15) is 0 Å². The van der Waals surface area contributed by atoms with E-state index < -0.39 is 0 Å². The first kappa shape index (κ1) is 10.5. The lowest BCUT2D eigenvalue weighted by Gasteiger charge is -2.21. The van der Waals surface area contributed by atoms with Gasteiger partial charge in [-0.25, -0.2) is 0 Å². The fourth-order valence-electron chi connectivity index (χ4n) is 1.77. The number of likely N-dealkylation sites (tertiary alicyclic amines) is 1. The average Bonchev–Trinajstić information content (AvgIpc) is 2.23. The van der Waals surface area contributed by atoms with Crippen LogP contribution in [-0.4, -0.2) is 37.1 Å². The van der Waals surface area contributed by atoms with Crippen LogP contribution in [0.3, 0.4) is 0 Å². The summed E-state index contributed by atoms with van der Waals surface area (Å²) in [6, 6.07) is 1.69. The summed E-state index contributed by atoms with van der Waals surface area (Å²) in [5.74, 6) is 0. The zero-order valence-corrected chi connectivity index (χ0v) is 7.67. The minimum absolute atomic E-state index is 0. The van der Waals surface area contributed by atoms with Gasteiger partial charge in [-0.05, 0) is 13.5 Å². The lowest BCUT2D eigenvalue weighted by molar-refractivity contribution is 0.276. The number of rotatable bonds is 0. The molecule has 0 aromatic heterocycles. The molecule has 0 spiro atoms. The molecule has 10 heavy (non-hydrogen) atoms. The van der Waals surface area contributed by atoms with Gasteiger partial charge in [0, 0.05) is 25.2 Å². The Morgan fingerprint density at radius 3 is 2.30 bits per heavy atom. The number of halogens is 2. The first-order chi connectivity index (χ1) is 3.86. The van der Waals surface area contributed by atoms with Gasteiger partial charge in [-0.1, -0.05) is 0 Å².